The van der Waals surface area contributed by atoms with Gasteiger partial charge in [-0.3, -0.25) is 4.99 Å². The zero-order chi connectivity index (χ0) is 6.81. The number of rotatable bonds is 0. The molecule has 2 heterocycles. The van der Waals surface area contributed by atoms with E-state index in [0.29, 0.717) is 0 Å². The summed E-state index contributed by atoms with van der Waals surface area (Å²) in [5, 5.41) is 0. The van der Waals surface area contributed by atoms with Crippen molar-refractivity contribution in [2.45, 2.75) is 0 Å². The third kappa shape index (κ3) is 0.778. The van der Waals surface area contributed by atoms with Crippen molar-refractivity contribution in [1.29, 1.82) is 0 Å². The van der Waals surface area contributed by atoms with Gasteiger partial charge in [0.15, 0.2) is 6.67 Å². The molecule has 2 rings (SSSR count). The van der Waals surface area contributed by atoms with E-state index in [1.165, 1.54) is 0 Å². The van der Waals surface area contributed by atoms with Crippen molar-refractivity contribution in [2.75, 3.05) is 0 Å². The molecule has 10 heavy (non-hydrogen) atoms. The number of aliphatic imine (C=N–C) groups is 1. The first-order valence-corrected chi connectivity index (χ1v) is 3.17. The molecule has 0 atom stereocenters. The fraction of sp³-hybridized carbons (Fsp3) is 0. The van der Waals surface area contributed by atoms with Crippen LogP contribution in [0.5, 0.6) is 0 Å². The fourth-order valence-electron chi connectivity index (χ4n) is 0.945. The Bertz CT molecular complexity index is 246. The van der Waals surface area contributed by atoms with E-state index in [-0.39, 0.29) is 0 Å². The highest BCUT2D eigenvalue weighted by atomic mass is 15.2. The van der Waals surface area contributed by atoms with E-state index in [1.54, 1.807) is 12.9 Å². The third-order valence-electron chi connectivity index (χ3n) is 1.45. The minimum atomic E-state index is 1.16. The molecular formula is C8H7N2. The summed E-state index contributed by atoms with van der Waals surface area (Å²) in [6.07, 6.45) is 11.8. The maximum Gasteiger partial charge on any atom is 0.166 e. The van der Waals surface area contributed by atoms with Crippen molar-refractivity contribution >= 4 is 6.21 Å². The van der Waals surface area contributed by atoms with Crippen LogP contribution in [0.15, 0.2) is 41.2 Å². The highest BCUT2D eigenvalue weighted by Crippen LogP contribution is 2.15. The third-order valence-corrected chi connectivity index (χ3v) is 1.45. The van der Waals surface area contributed by atoms with E-state index < -0.39 is 0 Å². The van der Waals surface area contributed by atoms with E-state index in [4.69, 9.17) is 0 Å². The Hall–Kier alpha value is -1.31. The molecule has 49 valence electrons. The van der Waals surface area contributed by atoms with Crippen LogP contribution in [0.3, 0.4) is 0 Å². The van der Waals surface area contributed by atoms with Crippen LogP contribution in [0.4, 0.5) is 0 Å². The summed E-state index contributed by atoms with van der Waals surface area (Å²) in [4.78, 5) is 5.95. The summed E-state index contributed by atoms with van der Waals surface area (Å²) >= 11 is 0. The maximum atomic E-state index is 3.98. The topological polar surface area (TPSA) is 15.6 Å². The van der Waals surface area contributed by atoms with Crippen LogP contribution in [0.1, 0.15) is 0 Å². The second-order valence-corrected chi connectivity index (χ2v) is 2.11. The number of nitrogens with zero attached hydrogens (tertiary/aromatic N) is 2. The predicted octanol–water partition coefficient (Wildman–Crippen LogP) is 1.46. The molecule has 0 saturated heterocycles. The molecule has 2 heteroatoms. The summed E-state index contributed by atoms with van der Waals surface area (Å²) in [6, 6.07) is 0. The zero-order valence-corrected chi connectivity index (χ0v) is 5.44. The van der Waals surface area contributed by atoms with Crippen molar-refractivity contribution in [2.24, 2.45) is 4.99 Å². The summed E-state index contributed by atoms with van der Waals surface area (Å²) < 4.78 is 0. The molecule has 0 N–H and O–H groups in total. The minimum Gasteiger partial charge on any atom is -0.322 e. The zero-order valence-electron chi connectivity index (χ0n) is 5.44. The molecule has 0 fully saturated rings. The van der Waals surface area contributed by atoms with Gasteiger partial charge in [0.25, 0.3) is 0 Å². The van der Waals surface area contributed by atoms with Crippen molar-refractivity contribution in [3.8, 4) is 0 Å². The van der Waals surface area contributed by atoms with Crippen molar-refractivity contribution in [1.82, 2.24) is 4.90 Å². The van der Waals surface area contributed by atoms with Crippen molar-refractivity contribution in [3.05, 3.63) is 42.9 Å². The van der Waals surface area contributed by atoms with Gasteiger partial charge in [0, 0.05) is 18.1 Å². The quantitative estimate of drug-likeness (QED) is 0.486. The van der Waals surface area contributed by atoms with E-state index >= 15 is 0 Å². The standard InChI is InChI=1S/C8H7N2/c1-2-6-10-7-9-5-4-8(10)3-1/h1-7H. The monoisotopic (exact) mass is 131 g/mol. The Kier molecular flexibility index (Phi) is 1.17. The summed E-state index contributed by atoms with van der Waals surface area (Å²) in [6.45, 7) is 1.79. The molecule has 2 aliphatic heterocycles. The van der Waals surface area contributed by atoms with Crippen LogP contribution < -0.4 is 0 Å². The molecular weight excluding hydrogens is 124 g/mol. The number of hydrogen-bond donors (Lipinski definition) is 0. The van der Waals surface area contributed by atoms with Crippen LogP contribution >= 0.6 is 0 Å². The molecule has 0 bridgehead atoms. The lowest BCUT2D eigenvalue weighted by Crippen LogP contribution is -2.15. The highest BCUT2D eigenvalue weighted by Gasteiger charge is 2.06. The SMILES string of the molecule is [CH]1N=CC=C2C=CC=CN12. The second kappa shape index (κ2) is 2.14. The van der Waals surface area contributed by atoms with Gasteiger partial charge in [0.05, 0.1) is 0 Å². The first kappa shape index (κ1) is 5.47. The van der Waals surface area contributed by atoms with Crippen LogP contribution in [-0.4, -0.2) is 11.1 Å². The molecule has 2 aliphatic rings. The van der Waals surface area contributed by atoms with Gasteiger partial charge in [-0.25, -0.2) is 0 Å². The Balaban J connectivity index is 2.34. The smallest absolute Gasteiger partial charge is 0.166 e. The molecule has 0 aliphatic carbocycles. The summed E-state index contributed by atoms with van der Waals surface area (Å²) in [7, 11) is 0. The van der Waals surface area contributed by atoms with E-state index in [2.05, 4.69) is 4.99 Å². The molecule has 0 aromatic heterocycles. The van der Waals surface area contributed by atoms with Crippen LogP contribution in [-0.2, 0) is 0 Å². The van der Waals surface area contributed by atoms with E-state index in [9.17, 15) is 0 Å². The highest BCUT2D eigenvalue weighted by molar-refractivity contribution is 5.74. The van der Waals surface area contributed by atoms with E-state index in [1.807, 2.05) is 35.4 Å². The average molecular weight is 131 g/mol. The second-order valence-electron chi connectivity index (χ2n) is 2.11. The average Bonchev–Trinajstić information content (AvgIpc) is 2.05. The van der Waals surface area contributed by atoms with Crippen LogP contribution in [0.25, 0.3) is 0 Å². The lowest BCUT2D eigenvalue weighted by atomic mass is 10.2. The molecule has 2 nitrogen and oxygen atoms in total. The van der Waals surface area contributed by atoms with Crippen molar-refractivity contribution in [3.63, 3.8) is 0 Å². The molecule has 0 spiro atoms. The Morgan fingerprint density at radius 1 is 1.30 bits per heavy atom. The van der Waals surface area contributed by atoms with Crippen LogP contribution in [0, 0.1) is 6.67 Å². The normalized spacial score (nSPS) is 20.8. The van der Waals surface area contributed by atoms with Gasteiger partial charge < -0.3 is 4.90 Å². The predicted molar refractivity (Wildman–Crippen MR) is 41.0 cm³/mol. The molecule has 0 amide bonds. The van der Waals surface area contributed by atoms with Gasteiger partial charge in [0.1, 0.15) is 0 Å². The summed E-state index contributed by atoms with van der Waals surface area (Å²) in [5.41, 5.74) is 1.16. The number of hydrogen-bond acceptors (Lipinski definition) is 2. The van der Waals surface area contributed by atoms with Gasteiger partial charge in [-0.2, -0.15) is 0 Å². The lowest BCUT2D eigenvalue weighted by molar-refractivity contribution is 0.567. The van der Waals surface area contributed by atoms with Gasteiger partial charge >= 0.3 is 0 Å². The summed E-state index contributed by atoms with van der Waals surface area (Å²) in [5.74, 6) is 0. The van der Waals surface area contributed by atoms with Gasteiger partial charge in [-0.1, -0.05) is 6.08 Å². The lowest BCUT2D eigenvalue weighted by Gasteiger charge is -2.22. The van der Waals surface area contributed by atoms with E-state index in [0.717, 1.165) is 5.70 Å². The number of allylic oxidation sites excluding steroid dienone is 4. The molecule has 0 saturated carbocycles. The first-order chi connectivity index (χ1) is 4.97. The molecule has 0 aromatic rings. The van der Waals surface area contributed by atoms with Crippen molar-refractivity contribution < 1.29 is 0 Å². The van der Waals surface area contributed by atoms with Crippen LogP contribution in [0.2, 0.25) is 0 Å². The molecule has 0 aromatic carbocycles. The minimum absolute atomic E-state index is 1.16. The van der Waals surface area contributed by atoms with Gasteiger partial charge in [-0.05, 0) is 18.2 Å². The number of fused-ring (bicyclic) bond motifs is 1. The first-order valence-electron chi connectivity index (χ1n) is 3.17. The Labute approximate surface area is 59.9 Å². The maximum absolute atomic E-state index is 3.98. The molecule has 0 unspecified atom stereocenters. The molecule has 1 radical (unpaired) electrons. The van der Waals surface area contributed by atoms with Gasteiger partial charge in [0.2, 0.25) is 0 Å². The fourth-order valence-corrected chi connectivity index (χ4v) is 0.945. The Morgan fingerprint density at radius 3 is 3.20 bits per heavy atom. The largest absolute Gasteiger partial charge is 0.322 e. The van der Waals surface area contributed by atoms with Gasteiger partial charge in [-0.15, -0.1) is 0 Å². The Morgan fingerprint density at radius 2 is 2.30 bits per heavy atom.